The predicted octanol–water partition coefficient (Wildman–Crippen LogP) is 4.07. The van der Waals surface area contributed by atoms with E-state index in [1.165, 1.54) is 0 Å². The molecule has 3 aliphatic rings. The van der Waals surface area contributed by atoms with Crippen molar-refractivity contribution in [3.05, 3.63) is 71.8 Å². The molecule has 3 aliphatic heterocycles. The van der Waals surface area contributed by atoms with Gasteiger partial charge in [-0.2, -0.15) is 13.2 Å². The molecule has 3 fully saturated rings. The summed E-state index contributed by atoms with van der Waals surface area (Å²) < 4.78 is 49.4. The fourth-order valence-corrected chi connectivity index (χ4v) is 5.26. The van der Waals surface area contributed by atoms with E-state index in [1.54, 1.807) is 12.1 Å². The Morgan fingerprint density at radius 1 is 1.03 bits per heavy atom. The molecule has 9 heteroatoms. The molecule has 0 saturated carbocycles. The molecule has 5 rings (SSSR count). The molecular formula is C26H27F3N2O4. The van der Waals surface area contributed by atoms with Gasteiger partial charge in [0.15, 0.2) is 0 Å². The smallest absolute Gasteiger partial charge is 0.416 e. The minimum atomic E-state index is -4.32. The maximum Gasteiger partial charge on any atom is 0.416 e. The Morgan fingerprint density at radius 2 is 1.63 bits per heavy atom. The highest BCUT2D eigenvalue weighted by Crippen LogP contribution is 2.39. The number of nitrogens with zero attached hydrogens (tertiary/aromatic N) is 2. The number of rotatable bonds is 7. The Bertz CT molecular complexity index is 1080. The van der Waals surface area contributed by atoms with Gasteiger partial charge in [-0.1, -0.05) is 30.8 Å². The van der Waals surface area contributed by atoms with Crippen LogP contribution in [0.1, 0.15) is 16.7 Å². The molecule has 0 bridgehead atoms. The molecule has 0 aliphatic carbocycles. The summed E-state index contributed by atoms with van der Waals surface area (Å²) in [6, 6.07) is 13.2. The molecule has 1 N–H and O–H groups in total. The quantitative estimate of drug-likeness (QED) is 0.634. The van der Waals surface area contributed by atoms with E-state index in [0.29, 0.717) is 25.0 Å². The lowest BCUT2D eigenvalue weighted by atomic mass is 9.90. The summed E-state index contributed by atoms with van der Waals surface area (Å²) in [5.41, 5.74) is 2.28. The van der Waals surface area contributed by atoms with Gasteiger partial charge in [-0.25, -0.2) is 4.79 Å². The normalized spacial score (nSPS) is 23.2. The van der Waals surface area contributed by atoms with Crippen molar-refractivity contribution in [3.8, 4) is 0 Å². The fourth-order valence-electron chi connectivity index (χ4n) is 5.26. The van der Waals surface area contributed by atoms with E-state index < -0.39 is 23.3 Å². The number of anilines is 1. The maximum atomic E-state index is 12.8. The standard InChI is InChI=1S/C26H27F3N2O4/c1-17(18-2-4-21(5-3-18)25(15-34-16-25)35-14-24(32)33)30-10-19-12-31(13-20(19)11-30)23-8-6-22(7-9-23)26(27,28)29/h2-9,19-20H,1,10-16H2,(H,32,33). The summed E-state index contributed by atoms with van der Waals surface area (Å²) >= 11 is 0. The number of ether oxygens (including phenoxy) is 2. The first-order valence-corrected chi connectivity index (χ1v) is 11.6. The minimum absolute atomic E-state index is 0.325. The van der Waals surface area contributed by atoms with Crippen LogP contribution >= 0.6 is 0 Å². The van der Waals surface area contributed by atoms with Gasteiger partial charge in [0.2, 0.25) is 0 Å². The molecule has 0 radical (unpaired) electrons. The SMILES string of the molecule is C=C(c1ccc(C2(OCC(=O)O)COC2)cc1)N1CC2CN(c3ccc(C(F)(F)F)cc3)CC2C1. The molecule has 2 unspecified atom stereocenters. The van der Waals surface area contributed by atoms with Crippen LogP contribution in [-0.2, 0) is 26.0 Å². The Balaban J connectivity index is 1.19. The summed E-state index contributed by atoms with van der Waals surface area (Å²) in [5.74, 6) is -0.168. The Hall–Kier alpha value is -3.04. The van der Waals surface area contributed by atoms with Gasteiger partial charge in [0.1, 0.15) is 12.2 Å². The van der Waals surface area contributed by atoms with Gasteiger partial charge < -0.3 is 24.4 Å². The zero-order chi connectivity index (χ0) is 24.8. The summed E-state index contributed by atoms with van der Waals surface area (Å²) in [6.45, 7) is 7.89. The van der Waals surface area contributed by atoms with Crippen molar-refractivity contribution in [2.75, 3.05) is 50.9 Å². The van der Waals surface area contributed by atoms with E-state index in [-0.39, 0.29) is 6.61 Å². The minimum Gasteiger partial charge on any atom is -0.480 e. The number of hydrogen-bond donors (Lipinski definition) is 1. The van der Waals surface area contributed by atoms with Gasteiger partial charge in [0.25, 0.3) is 0 Å². The first kappa shape index (κ1) is 23.7. The highest BCUT2D eigenvalue weighted by atomic mass is 19.4. The van der Waals surface area contributed by atoms with E-state index in [0.717, 1.165) is 60.8 Å². The molecule has 3 heterocycles. The monoisotopic (exact) mass is 488 g/mol. The molecule has 0 amide bonds. The van der Waals surface area contributed by atoms with Crippen LogP contribution in [0.15, 0.2) is 55.1 Å². The number of hydrogen-bond acceptors (Lipinski definition) is 5. The average molecular weight is 489 g/mol. The Morgan fingerprint density at radius 3 is 2.11 bits per heavy atom. The molecule has 2 atom stereocenters. The van der Waals surface area contributed by atoms with Crippen LogP contribution < -0.4 is 4.90 Å². The molecule has 35 heavy (non-hydrogen) atoms. The molecule has 2 aromatic carbocycles. The van der Waals surface area contributed by atoms with Crippen LogP contribution in [0, 0.1) is 11.8 Å². The van der Waals surface area contributed by atoms with Crippen molar-refractivity contribution in [2.24, 2.45) is 11.8 Å². The van der Waals surface area contributed by atoms with Crippen LogP contribution in [0.4, 0.5) is 18.9 Å². The van der Waals surface area contributed by atoms with Crippen LogP contribution in [0.5, 0.6) is 0 Å². The van der Waals surface area contributed by atoms with Gasteiger partial charge in [-0.3, -0.25) is 0 Å². The lowest BCUT2D eigenvalue weighted by Gasteiger charge is -2.41. The topological polar surface area (TPSA) is 62.2 Å². The number of benzene rings is 2. The van der Waals surface area contributed by atoms with E-state index in [1.807, 2.05) is 24.3 Å². The van der Waals surface area contributed by atoms with Crippen LogP contribution in [0.3, 0.4) is 0 Å². The Kier molecular flexibility index (Phi) is 6.01. The number of alkyl halides is 3. The highest BCUT2D eigenvalue weighted by molar-refractivity contribution is 5.68. The van der Waals surface area contributed by atoms with Crippen molar-refractivity contribution in [3.63, 3.8) is 0 Å². The molecule has 186 valence electrons. The molecule has 0 aromatic heterocycles. The summed E-state index contributed by atoms with van der Waals surface area (Å²) in [7, 11) is 0. The first-order valence-electron chi connectivity index (χ1n) is 11.6. The second-order valence-corrected chi connectivity index (χ2v) is 9.57. The summed E-state index contributed by atoms with van der Waals surface area (Å²) in [4.78, 5) is 15.4. The van der Waals surface area contributed by atoms with E-state index >= 15 is 0 Å². The maximum absolute atomic E-state index is 12.8. The van der Waals surface area contributed by atoms with Crippen molar-refractivity contribution in [1.82, 2.24) is 4.90 Å². The van der Waals surface area contributed by atoms with Gasteiger partial charge in [-0.15, -0.1) is 0 Å². The molecule has 3 saturated heterocycles. The van der Waals surface area contributed by atoms with Crippen LogP contribution in [0.2, 0.25) is 0 Å². The van der Waals surface area contributed by atoms with Crippen LogP contribution in [0.25, 0.3) is 5.70 Å². The van der Waals surface area contributed by atoms with E-state index in [2.05, 4.69) is 16.4 Å². The number of aliphatic carboxylic acids is 1. The second-order valence-electron chi connectivity index (χ2n) is 9.57. The van der Waals surface area contributed by atoms with Gasteiger partial charge in [0, 0.05) is 49.4 Å². The second kappa shape index (κ2) is 8.87. The largest absolute Gasteiger partial charge is 0.480 e. The number of carboxylic acids is 1. The van der Waals surface area contributed by atoms with E-state index in [9.17, 15) is 18.0 Å². The number of carboxylic acid groups (broad SMARTS) is 1. The summed E-state index contributed by atoms with van der Waals surface area (Å²) in [6.07, 6.45) is -4.32. The summed E-state index contributed by atoms with van der Waals surface area (Å²) in [5, 5.41) is 8.94. The van der Waals surface area contributed by atoms with E-state index in [4.69, 9.17) is 14.6 Å². The number of carbonyl (C=O) groups is 1. The third kappa shape index (κ3) is 4.62. The lowest BCUT2D eigenvalue weighted by Crippen LogP contribution is -2.49. The lowest BCUT2D eigenvalue weighted by molar-refractivity contribution is -0.220. The molecule has 2 aromatic rings. The average Bonchev–Trinajstić information content (AvgIpc) is 3.37. The van der Waals surface area contributed by atoms with Gasteiger partial charge in [-0.05, 0) is 35.4 Å². The number of likely N-dealkylation sites (tertiary alicyclic amines) is 1. The van der Waals surface area contributed by atoms with Gasteiger partial charge in [0.05, 0.1) is 18.8 Å². The van der Waals surface area contributed by atoms with Crippen LogP contribution in [-0.4, -0.2) is 62.0 Å². The third-order valence-corrected chi connectivity index (χ3v) is 7.31. The van der Waals surface area contributed by atoms with Crippen molar-refractivity contribution >= 4 is 17.4 Å². The zero-order valence-corrected chi connectivity index (χ0v) is 19.1. The molecular weight excluding hydrogens is 461 g/mol. The molecule has 0 spiro atoms. The number of halogens is 3. The molecule has 6 nitrogen and oxygen atoms in total. The van der Waals surface area contributed by atoms with Gasteiger partial charge >= 0.3 is 12.1 Å². The first-order chi connectivity index (χ1) is 16.6. The van der Waals surface area contributed by atoms with Crippen molar-refractivity contribution in [1.29, 1.82) is 0 Å². The third-order valence-electron chi connectivity index (χ3n) is 7.31. The highest BCUT2D eigenvalue weighted by Gasteiger charge is 2.43. The van der Waals surface area contributed by atoms with Crippen molar-refractivity contribution < 1.29 is 32.5 Å². The Labute approximate surface area is 201 Å². The van der Waals surface area contributed by atoms with Crippen molar-refractivity contribution in [2.45, 2.75) is 11.8 Å². The number of fused-ring (bicyclic) bond motifs is 1. The fraction of sp³-hybridized carbons (Fsp3) is 0.423. The predicted molar refractivity (Wildman–Crippen MR) is 124 cm³/mol. The zero-order valence-electron chi connectivity index (χ0n) is 19.1.